The molecule has 3 heteroatoms. The summed E-state index contributed by atoms with van der Waals surface area (Å²) in [4.78, 5) is 14.2. The lowest BCUT2D eigenvalue weighted by Gasteiger charge is -2.13. The lowest BCUT2D eigenvalue weighted by molar-refractivity contribution is 0.0969. The molecule has 1 heterocycles. The number of ketones is 1. The molecule has 1 saturated heterocycles. The molecule has 0 radical (unpaired) electrons. The molecule has 86 valence electrons. The molecule has 1 aromatic carbocycles. The Morgan fingerprint density at radius 2 is 1.81 bits per heavy atom. The highest BCUT2D eigenvalue weighted by atomic mass is 35.5. The first-order valence-corrected chi connectivity index (χ1v) is 6.14. The molecule has 2 nitrogen and oxygen atoms in total. The fourth-order valence-electron chi connectivity index (χ4n) is 2.05. The number of carbonyl (C=O) groups is 1. The van der Waals surface area contributed by atoms with Crippen molar-refractivity contribution in [3.05, 3.63) is 34.9 Å². The van der Waals surface area contributed by atoms with E-state index in [0.29, 0.717) is 11.4 Å². The molecule has 0 bridgehead atoms. The van der Waals surface area contributed by atoms with Crippen LogP contribution in [-0.2, 0) is 0 Å². The van der Waals surface area contributed by atoms with Crippen LogP contribution < -0.4 is 0 Å². The first kappa shape index (κ1) is 11.6. The van der Waals surface area contributed by atoms with Crippen LogP contribution in [0.5, 0.6) is 0 Å². The van der Waals surface area contributed by atoms with Gasteiger partial charge in [-0.25, -0.2) is 0 Å². The number of halogens is 1. The van der Waals surface area contributed by atoms with Crippen LogP contribution in [0.25, 0.3) is 0 Å². The van der Waals surface area contributed by atoms with Crippen molar-refractivity contribution < 1.29 is 4.79 Å². The van der Waals surface area contributed by atoms with Gasteiger partial charge in [0.15, 0.2) is 5.78 Å². The third-order valence-electron chi connectivity index (χ3n) is 3.02. The Morgan fingerprint density at radius 1 is 1.19 bits per heavy atom. The maximum atomic E-state index is 11.8. The second-order valence-electron chi connectivity index (χ2n) is 4.23. The van der Waals surface area contributed by atoms with Gasteiger partial charge in [0.2, 0.25) is 0 Å². The topological polar surface area (TPSA) is 20.3 Å². The lowest BCUT2D eigenvalue weighted by Crippen LogP contribution is -2.22. The van der Waals surface area contributed by atoms with Crippen LogP contribution in [0.4, 0.5) is 0 Å². The number of carbonyl (C=O) groups excluding carboxylic acids is 1. The third kappa shape index (κ3) is 3.06. The Kier molecular flexibility index (Phi) is 3.97. The number of nitrogens with zero attached hydrogens (tertiary/aromatic N) is 1. The molecular formula is C13H16ClNO. The highest BCUT2D eigenvalue weighted by Gasteiger charge is 2.13. The minimum Gasteiger partial charge on any atom is -0.303 e. The van der Waals surface area contributed by atoms with Crippen molar-refractivity contribution in [2.24, 2.45) is 0 Å². The quantitative estimate of drug-likeness (QED) is 0.751. The molecule has 0 amide bonds. The van der Waals surface area contributed by atoms with E-state index in [2.05, 4.69) is 4.90 Å². The average Bonchev–Trinajstić information content (AvgIpc) is 2.80. The highest BCUT2D eigenvalue weighted by Crippen LogP contribution is 2.13. The standard InChI is InChI=1S/C13H16ClNO/c14-12-5-3-11(4-6-12)13(16)7-10-15-8-1-2-9-15/h3-6H,1-2,7-10H2. The zero-order chi connectivity index (χ0) is 11.4. The van der Waals surface area contributed by atoms with Crippen molar-refractivity contribution in [3.8, 4) is 0 Å². The fourth-order valence-corrected chi connectivity index (χ4v) is 2.17. The van der Waals surface area contributed by atoms with Crippen LogP contribution in [0.15, 0.2) is 24.3 Å². The molecule has 0 spiro atoms. The van der Waals surface area contributed by atoms with Crippen molar-refractivity contribution in [2.75, 3.05) is 19.6 Å². The summed E-state index contributed by atoms with van der Waals surface area (Å²) in [6.45, 7) is 3.18. The third-order valence-corrected chi connectivity index (χ3v) is 3.27. The average molecular weight is 238 g/mol. The van der Waals surface area contributed by atoms with Crippen LogP contribution >= 0.6 is 11.6 Å². The van der Waals surface area contributed by atoms with E-state index in [-0.39, 0.29) is 5.78 Å². The predicted molar refractivity (Wildman–Crippen MR) is 66.1 cm³/mol. The Balaban J connectivity index is 1.85. The normalized spacial score (nSPS) is 16.6. The smallest absolute Gasteiger partial charge is 0.164 e. The SMILES string of the molecule is O=C(CCN1CCCC1)c1ccc(Cl)cc1. The molecule has 1 aromatic rings. The Bertz CT molecular complexity index is 355. The van der Waals surface area contributed by atoms with E-state index < -0.39 is 0 Å². The first-order valence-electron chi connectivity index (χ1n) is 5.77. The van der Waals surface area contributed by atoms with E-state index in [0.717, 1.165) is 25.2 Å². The Hall–Kier alpha value is -0.860. The van der Waals surface area contributed by atoms with Crippen LogP contribution in [0, 0.1) is 0 Å². The Morgan fingerprint density at radius 3 is 2.44 bits per heavy atom. The molecule has 0 aromatic heterocycles. The minimum atomic E-state index is 0.212. The zero-order valence-electron chi connectivity index (χ0n) is 9.29. The van der Waals surface area contributed by atoms with Gasteiger partial charge in [0, 0.05) is 23.6 Å². The zero-order valence-corrected chi connectivity index (χ0v) is 10.0. The predicted octanol–water partition coefficient (Wildman–Crippen LogP) is 3.01. The summed E-state index contributed by atoms with van der Waals surface area (Å²) in [6, 6.07) is 7.14. The summed E-state index contributed by atoms with van der Waals surface area (Å²) < 4.78 is 0. The monoisotopic (exact) mass is 237 g/mol. The van der Waals surface area contributed by atoms with E-state index in [4.69, 9.17) is 11.6 Å². The van der Waals surface area contributed by atoms with Gasteiger partial charge in [-0.15, -0.1) is 0 Å². The van der Waals surface area contributed by atoms with Crippen molar-refractivity contribution >= 4 is 17.4 Å². The number of rotatable bonds is 4. The largest absolute Gasteiger partial charge is 0.303 e. The van der Waals surface area contributed by atoms with E-state index in [1.54, 1.807) is 24.3 Å². The van der Waals surface area contributed by atoms with E-state index in [1.165, 1.54) is 12.8 Å². The second kappa shape index (κ2) is 5.46. The molecule has 2 rings (SSSR count). The van der Waals surface area contributed by atoms with Gasteiger partial charge >= 0.3 is 0 Å². The molecule has 0 N–H and O–H groups in total. The fraction of sp³-hybridized carbons (Fsp3) is 0.462. The molecule has 1 aliphatic heterocycles. The molecule has 1 aliphatic rings. The van der Waals surface area contributed by atoms with E-state index in [9.17, 15) is 4.79 Å². The van der Waals surface area contributed by atoms with Gasteiger partial charge in [0.05, 0.1) is 0 Å². The molecule has 0 saturated carbocycles. The lowest BCUT2D eigenvalue weighted by atomic mass is 10.1. The van der Waals surface area contributed by atoms with Gasteiger partial charge in [0.1, 0.15) is 0 Å². The number of hydrogen-bond donors (Lipinski definition) is 0. The minimum absolute atomic E-state index is 0.212. The van der Waals surface area contributed by atoms with Gasteiger partial charge in [-0.05, 0) is 50.2 Å². The molecular weight excluding hydrogens is 222 g/mol. The van der Waals surface area contributed by atoms with Gasteiger partial charge in [0.25, 0.3) is 0 Å². The van der Waals surface area contributed by atoms with Gasteiger partial charge in [-0.2, -0.15) is 0 Å². The van der Waals surface area contributed by atoms with Gasteiger partial charge < -0.3 is 4.90 Å². The maximum absolute atomic E-state index is 11.8. The number of benzene rings is 1. The van der Waals surface area contributed by atoms with Crippen molar-refractivity contribution in [3.63, 3.8) is 0 Å². The summed E-state index contributed by atoms with van der Waals surface area (Å²) in [5.41, 5.74) is 0.767. The summed E-state index contributed by atoms with van der Waals surface area (Å²) in [7, 11) is 0. The molecule has 0 unspecified atom stereocenters. The summed E-state index contributed by atoms with van der Waals surface area (Å²) in [5.74, 6) is 0.212. The summed E-state index contributed by atoms with van der Waals surface area (Å²) in [6.07, 6.45) is 3.16. The van der Waals surface area contributed by atoms with Crippen LogP contribution in [0.2, 0.25) is 5.02 Å². The van der Waals surface area contributed by atoms with Crippen molar-refractivity contribution in [1.29, 1.82) is 0 Å². The van der Waals surface area contributed by atoms with Crippen LogP contribution in [0.3, 0.4) is 0 Å². The molecule has 0 atom stereocenters. The number of Topliss-reactive ketones (excluding diaryl/α,β-unsaturated/α-hetero) is 1. The van der Waals surface area contributed by atoms with Gasteiger partial charge in [-0.3, -0.25) is 4.79 Å². The maximum Gasteiger partial charge on any atom is 0.164 e. The Labute approximate surface area is 101 Å². The number of likely N-dealkylation sites (tertiary alicyclic amines) is 1. The van der Waals surface area contributed by atoms with Gasteiger partial charge in [-0.1, -0.05) is 11.6 Å². The molecule has 0 aliphatic carbocycles. The van der Waals surface area contributed by atoms with E-state index >= 15 is 0 Å². The number of hydrogen-bond acceptors (Lipinski definition) is 2. The van der Waals surface area contributed by atoms with Crippen molar-refractivity contribution in [2.45, 2.75) is 19.3 Å². The highest BCUT2D eigenvalue weighted by molar-refractivity contribution is 6.30. The van der Waals surface area contributed by atoms with E-state index in [1.807, 2.05) is 0 Å². The molecule has 1 fully saturated rings. The van der Waals surface area contributed by atoms with Crippen LogP contribution in [0.1, 0.15) is 29.6 Å². The summed E-state index contributed by atoms with van der Waals surface area (Å²) in [5, 5.41) is 0.677. The van der Waals surface area contributed by atoms with Crippen LogP contribution in [-0.4, -0.2) is 30.3 Å². The second-order valence-corrected chi connectivity index (χ2v) is 4.67. The molecule has 16 heavy (non-hydrogen) atoms. The summed E-state index contributed by atoms with van der Waals surface area (Å²) >= 11 is 5.78. The van der Waals surface area contributed by atoms with Crippen molar-refractivity contribution in [1.82, 2.24) is 4.90 Å². The first-order chi connectivity index (χ1) is 7.75.